The van der Waals surface area contributed by atoms with Crippen LogP contribution in [-0.4, -0.2) is 36.7 Å². The van der Waals surface area contributed by atoms with E-state index in [1.54, 1.807) is 31.2 Å². The smallest absolute Gasteiger partial charge is 0.243 e. The molecule has 6 heteroatoms. The number of nitrogens with zero attached hydrogens (tertiary/aromatic N) is 1. The molecular formula is C19H23NO4S. The Balaban J connectivity index is 1.96. The molecule has 0 amide bonds. The molecule has 0 radical (unpaired) electrons. The van der Waals surface area contributed by atoms with Crippen LogP contribution in [0.1, 0.15) is 30.6 Å². The minimum atomic E-state index is -3.67. The Morgan fingerprint density at radius 2 is 1.72 bits per heavy atom. The minimum absolute atomic E-state index is 0.165. The van der Waals surface area contributed by atoms with Gasteiger partial charge in [0.25, 0.3) is 0 Å². The molecule has 25 heavy (non-hydrogen) atoms. The van der Waals surface area contributed by atoms with E-state index in [0.717, 1.165) is 11.1 Å². The summed E-state index contributed by atoms with van der Waals surface area (Å²) >= 11 is 0. The van der Waals surface area contributed by atoms with Crippen molar-refractivity contribution in [2.45, 2.75) is 43.6 Å². The fraction of sp³-hybridized carbons (Fsp3) is 0.368. The average Bonchev–Trinajstić information content (AvgIpc) is 2.74. The summed E-state index contributed by atoms with van der Waals surface area (Å²) in [4.78, 5) is 0.258. The number of aliphatic hydroxyl groups is 1. The summed E-state index contributed by atoms with van der Waals surface area (Å²) in [6.45, 7) is 3.88. The van der Waals surface area contributed by atoms with Crippen LogP contribution < -0.4 is 0 Å². The second kappa shape index (κ2) is 7.25. The summed E-state index contributed by atoms with van der Waals surface area (Å²) in [6.07, 6.45) is -1.28. The van der Waals surface area contributed by atoms with Crippen LogP contribution >= 0.6 is 0 Å². The van der Waals surface area contributed by atoms with Gasteiger partial charge in [-0.05, 0) is 31.5 Å². The Hall–Kier alpha value is -1.73. The number of hydrogen-bond donors (Lipinski definition) is 1. The summed E-state index contributed by atoms with van der Waals surface area (Å²) in [5.74, 6) is 0. The van der Waals surface area contributed by atoms with E-state index < -0.39 is 22.4 Å². The summed E-state index contributed by atoms with van der Waals surface area (Å²) in [7, 11) is -3.67. The zero-order valence-electron chi connectivity index (χ0n) is 14.4. The lowest BCUT2D eigenvalue weighted by molar-refractivity contribution is -0.131. The lowest BCUT2D eigenvalue weighted by atomic mass is 10.1. The fourth-order valence-electron chi connectivity index (χ4n) is 3.07. The van der Waals surface area contributed by atoms with E-state index >= 15 is 0 Å². The van der Waals surface area contributed by atoms with Gasteiger partial charge >= 0.3 is 0 Å². The van der Waals surface area contributed by atoms with Crippen LogP contribution in [0.4, 0.5) is 0 Å². The van der Waals surface area contributed by atoms with E-state index in [1.165, 1.54) is 4.31 Å². The fourth-order valence-corrected chi connectivity index (χ4v) is 4.72. The van der Waals surface area contributed by atoms with Gasteiger partial charge in [0, 0.05) is 19.0 Å². The first-order valence-corrected chi connectivity index (χ1v) is 9.79. The average molecular weight is 361 g/mol. The maximum absolute atomic E-state index is 13.1. The van der Waals surface area contributed by atoms with Crippen molar-refractivity contribution in [3.8, 4) is 0 Å². The Morgan fingerprint density at radius 3 is 2.36 bits per heavy atom. The Bertz CT molecular complexity index is 805. The topological polar surface area (TPSA) is 66.8 Å². The maximum atomic E-state index is 13.1. The van der Waals surface area contributed by atoms with Gasteiger partial charge in [0.15, 0.2) is 6.29 Å². The number of aliphatic hydroxyl groups excluding tert-OH is 1. The monoisotopic (exact) mass is 361 g/mol. The number of aryl methyl sites for hydroxylation is 1. The number of sulfonamides is 1. The lowest BCUT2D eigenvalue weighted by Crippen LogP contribution is -2.40. The normalized spacial score (nSPS) is 25.5. The van der Waals surface area contributed by atoms with Crippen LogP contribution in [0.25, 0.3) is 0 Å². The van der Waals surface area contributed by atoms with Crippen molar-refractivity contribution in [3.63, 3.8) is 0 Å². The molecule has 1 aliphatic heterocycles. The quantitative estimate of drug-likeness (QED) is 0.913. The minimum Gasteiger partial charge on any atom is -0.368 e. The maximum Gasteiger partial charge on any atom is 0.243 e. The molecule has 1 fully saturated rings. The summed E-state index contributed by atoms with van der Waals surface area (Å²) in [5.41, 5.74) is 1.85. The van der Waals surface area contributed by atoms with Crippen LogP contribution in [-0.2, 0) is 14.8 Å². The van der Waals surface area contributed by atoms with Gasteiger partial charge in [0.05, 0.1) is 11.0 Å². The zero-order chi connectivity index (χ0) is 18.0. The van der Waals surface area contributed by atoms with E-state index in [-0.39, 0.29) is 23.9 Å². The van der Waals surface area contributed by atoms with Gasteiger partial charge in [0.1, 0.15) is 0 Å². The third-order valence-electron chi connectivity index (χ3n) is 4.50. The van der Waals surface area contributed by atoms with E-state index in [0.29, 0.717) is 0 Å². The Labute approximate surface area is 148 Å². The molecule has 3 rings (SSSR count). The third kappa shape index (κ3) is 3.93. The molecule has 0 aromatic heterocycles. The molecule has 3 atom stereocenters. The van der Waals surface area contributed by atoms with Gasteiger partial charge in [-0.15, -0.1) is 0 Å². The molecule has 2 aromatic rings. The van der Waals surface area contributed by atoms with Crippen LogP contribution in [0.2, 0.25) is 0 Å². The molecule has 0 bridgehead atoms. The van der Waals surface area contributed by atoms with E-state index in [4.69, 9.17) is 4.74 Å². The largest absolute Gasteiger partial charge is 0.368 e. The third-order valence-corrected chi connectivity index (χ3v) is 6.49. The van der Waals surface area contributed by atoms with Crippen LogP contribution in [0.5, 0.6) is 0 Å². The number of ether oxygens (including phenoxy) is 1. The predicted molar refractivity (Wildman–Crippen MR) is 95.4 cm³/mol. The van der Waals surface area contributed by atoms with Crippen molar-refractivity contribution < 1.29 is 18.3 Å². The lowest BCUT2D eigenvalue weighted by Gasteiger charge is -2.27. The summed E-state index contributed by atoms with van der Waals surface area (Å²) < 4.78 is 33.4. The van der Waals surface area contributed by atoms with E-state index in [2.05, 4.69) is 0 Å². The summed E-state index contributed by atoms with van der Waals surface area (Å²) in [6, 6.07) is 15.8. The standard InChI is InChI=1S/C19H23NO4S/c1-14-8-10-17(11-9-14)25(22,23)20-13-18(16-6-4-3-5-7-16)24-19(21)12-15(20)2/h3-11,15,18-19,21H,12-13H2,1-2H3/t15-,18?,19?/m0/s1. The van der Waals surface area contributed by atoms with Crippen LogP contribution in [0, 0.1) is 6.92 Å². The highest BCUT2D eigenvalue weighted by atomic mass is 32.2. The number of benzene rings is 2. The van der Waals surface area contributed by atoms with Crippen molar-refractivity contribution in [1.29, 1.82) is 0 Å². The molecule has 134 valence electrons. The molecular weight excluding hydrogens is 338 g/mol. The van der Waals surface area contributed by atoms with Gasteiger partial charge in [-0.2, -0.15) is 4.31 Å². The van der Waals surface area contributed by atoms with Crippen molar-refractivity contribution in [3.05, 3.63) is 65.7 Å². The Kier molecular flexibility index (Phi) is 5.24. The predicted octanol–water partition coefficient (Wildman–Crippen LogP) is 2.85. The molecule has 1 N–H and O–H groups in total. The molecule has 1 saturated heterocycles. The number of rotatable bonds is 3. The van der Waals surface area contributed by atoms with Gasteiger partial charge in [-0.25, -0.2) is 8.42 Å². The molecule has 0 aliphatic carbocycles. The van der Waals surface area contributed by atoms with Gasteiger partial charge in [-0.1, -0.05) is 48.0 Å². The highest BCUT2D eigenvalue weighted by Crippen LogP contribution is 2.30. The first-order valence-electron chi connectivity index (χ1n) is 8.35. The van der Waals surface area contributed by atoms with Crippen molar-refractivity contribution >= 4 is 10.0 Å². The van der Waals surface area contributed by atoms with Crippen molar-refractivity contribution in [2.24, 2.45) is 0 Å². The van der Waals surface area contributed by atoms with Gasteiger partial charge < -0.3 is 9.84 Å². The highest BCUT2D eigenvalue weighted by molar-refractivity contribution is 7.89. The first kappa shape index (κ1) is 18.1. The molecule has 5 nitrogen and oxygen atoms in total. The van der Waals surface area contributed by atoms with Gasteiger partial charge in [-0.3, -0.25) is 0 Å². The summed E-state index contributed by atoms with van der Waals surface area (Å²) in [5, 5.41) is 10.1. The SMILES string of the molecule is Cc1ccc(S(=O)(=O)N2CC(c3ccccc3)OC(O)C[C@@H]2C)cc1. The molecule has 1 heterocycles. The van der Waals surface area contributed by atoms with E-state index in [1.807, 2.05) is 37.3 Å². The Morgan fingerprint density at radius 1 is 1.08 bits per heavy atom. The van der Waals surface area contributed by atoms with Crippen molar-refractivity contribution in [1.82, 2.24) is 4.31 Å². The molecule has 0 spiro atoms. The van der Waals surface area contributed by atoms with Crippen molar-refractivity contribution in [2.75, 3.05) is 6.54 Å². The molecule has 2 unspecified atom stereocenters. The molecule has 1 aliphatic rings. The van der Waals surface area contributed by atoms with Gasteiger partial charge in [0.2, 0.25) is 10.0 Å². The molecule has 0 saturated carbocycles. The second-order valence-electron chi connectivity index (χ2n) is 6.46. The zero-order valence-corrected chi connectivity index (χ0v) is 15.2. The second-order valence-corrected chi connectivity index (χ2v) is 8.35. The van der Waals surface area contributed by atoms with Crippen LogP contribution in [0.15, 0.2) is 59.5 Å². The van der Waals surface area contributed by atoms with E-state index in [9.17, 15) is 13.5 Å². The number of hydrogen-bond acceptors (Lipinski definition) is 4. The van der Waals surface area contributed by atoms with Crippen LogP contribution in [0.3, 0.4) is 0 Å². The first-order chi connectivity index (χ1) is 11.9. The highest BCUT2D eigenvalue weighted by Gasteiger charge is 2.36. The molecule has 2 aromatic carbocycles.